The number of nitrogens with one attached hydrogen (secondary N) is 1. The lowest BCUT2D eigenvalue weighted by Crippen LogP contribution is -2.42. The highest BCUT2D eigenvalue weighted by atomic mass is 19.4. The van der Waals surface area contributed by atoms with Gasteiger partial charge in [-0.2, -0.15) is 0 Å². The monoisotopic (exact) mass is 320 g/mol. The first-order valence-electron chi connectivity index (χ1n) is 6.92. The molecular formula is C14H16F4N2O2. The zero-order chi connectivity index (χ0) is 16.2. The summed E-state index contributed by atoms with van der Waals surface area (Å²) in [6.07, 6.45) is -1.91. The van der Waals surface area contributed by atoms with E-state index in [-0.39, 0.29) is 18.1 Å². The van der Waals surface area contributed by atoms with Gasteiger partial charge in [0.2, 0.25) is 0 Å². The minimum Gasteiger partial charge on any atom is -0.406 e. The standard InChI is InChI=1S/C14H16F4N2O2/c15-12-8-11(22-14(16,17)18)5-4-10(12)9-19-13(21)20-6-2-1-3-7-20/h4-5,8H,1-3,6-7,9H2,(H,19,21). The number of hydrogen-bond donors (Lipinski definition) is 1. The van der Waals surface area contributed by atoms with Crippen LogP contribution in [-0.4, -0.2) is 30.4 Å². The van der Waals surface area contributed by atoms with Gasteiger partial charge in [0.1, 0.15) is 11.6 Å². The van der Waals surface area contributed by atoms with Crippen molar-refractivity contribution in [3.05, 3.63) is 29.6 Å². The molecule has 0 saturated carbocycles. The second-order valence-corrected chi connectivity index (χ2v) is 5.01. The van der Waals surface area contributed by atoms with Crippen molar-refractivity contribution in [1.29, 1.82) is 0 Å². The maximum atomic E-state index is 13.7. The summed E-state index contributed by atoms with van der Waals surface area (Å²) in [5, 5.41) is 2.56. The van der Waals surface area contributed by atoms with Crippen molar-refractivity contribution in [2.75, 3.05) is 13.1 Å². The van der Waals surface area contributed by atoms with E-state index in [1.54, 1.807) is 4.90 Å². The van der Waals surface area contributed by atoms with E-state index in [0.717, 1.165) is 31.4 Å². The van der Waals surface area contributed by atoms with E-state index in [4.69, 9.17) is 0 Å². The quantitative estimate of drug-likeness (QED) is 0.867. The van der Waals surface area contributed by atoms with E-state index >= 15 is 0 Å². The number of carbonyl (C=O) groups is 1. The number of rotatable bonds is 3. The molecule has 22 heavy (non-hydrogen) atoms. The van der Waals surface area contributed by atoms with Crippen LogP contribution in [0.1, 0.15) is 24.8 Å². The molecule has 1 aliphatic heterocycles. The molecule has 0 spiro atoms. The van der Waals surface area contributed by atoms with E-state index in [2.05, 4.69) is 10.1 Å². The smallest absolute Gasteiger partial charge is 0.406 e. The topological polar surface area (TPSA) is 41.6 Å². The van der Waals surface area contributed by atoms with Gasteiger partial charge in [-0.05, 0) is 25.3 Å². The second-order valence-electron chi connectivity index (χ2n) is 5.01. The highest BCUT2D eigenvalue weighted by Crippen LogP contribution is 2.24. The van der Waals surface area contributed by atoms with Gasteiger partial charge in [-0.25, -0.2) is 9.18 Å². The van der Waals surface area contributed by atoms with E-state index in [0.29, 0.717) is 19.2 Å². The Morgan fingerprint density at radius 1 is 1.23 bits per heavy atom. The highest BCUT2D eigenvalue weighted by Gasteiger charge is 2.31. The Morgan fingerprint density at radius 2 is 1.91 bits per heavy atom. The van der Waals surface area contributed by atoms with Crippen molar-refractivity contribution in [2.24, 2.45) is 0 Å². The Kier molecular flexibility index (Phi) is 5.10. The first-order valence-corrected chi connectivity index (χ1v) is 6.92. The van der Waals surface area contributed by atoms with Crippen molar-refractivity contribution < 1.29 is 27.1 Å². The van der Waals surface area contributed by atoms with Gasteiger partial charge in [-0.1, -0.05) is 6.07 Å². The van der Waals surface area contributed by atoms with Gasteiger partial charge in [-0.15, -0.1) is 13.2 Å². The number of hydrogen-bond acceptors (Lipinski definition) is 2. The SMILES string of the molecule is O=C(NCc1ccc(OC(F)(F)F)cc1F)N1CCCCC1. The molecule has 1 aromatic rings. The fourth-order valence-electron chi connectivity index (χ4n) is 2.25. The van der Waals surface area contributed by atoms with Crippen LogP contribution in [0.4, 0.5) is 22.4 Å². The maximum absolute atomic E-state index is 13.7. The van der Waals surface area contributed by atoms with Crippen molar-refractivity contribution in [2.45, 2.75) is 32.2 Å². The van der Waals surface area contributed by atoms with Crippen LogP contribution >= 0.6 is 0 Å². The predicted molar refractivity (Wildman–Crippen MR) is 70.7 cm³/mol. The summed E-state index contributed by atoms with van der Waals surface area (Å²) >= 11 is 0. The molecule has 0 aromatic heterocycles. The summed E-state index contributed by atoms with van der Waals surface area (Å²) in [7, 11) is 0. The van der Waals surface area contributed by atoms with Crippen molar-refractivity contribution >= 4 is 6.03 Å². The zero-order valence-electron chi connectivity index (χ0n) is 11.8. The molecule has 1 heterocycles. The van der Waals surface area contributed by atoms with Crippen LogP contribution in [0.2, 0.25) is 0 Å². The van der Waals surface area contributed by atoms with Gasteiger partial charge in [0.05, 0.1) is 0 Å². The number of piperidine rings is 1. The second kappa shape index (κ2) is 6.85. The lowest BCUT2D eigenvalue weighted by Gasteiger charge is -2.26. The normalized spacial score (nSPS) is 15.5. The number of ether oxygens (including phenoxy) is 1. The maximum Gasteiger partial charge on any atom is 0.573 e. The van der Waals surface area contributed by atoms with Crippen LogP contribution in [0.3, 0.4) is 0 Å². The Balaban J connectivity index is 1.91. The molecule has 1 saturated heterocycles. The number of halogens is 4. The van der Waals surface area contributed by atoms with Gasteiger partial charge < -0.3 is 15.0 Å². The van der Waals surface area contributed by atoms with E-state index in [9.17, 15) is 22.4 Å². The number of urea groups is 1. The Labute approximate surface area is 125 Å². The number of amides is 2. The average Bonchev–Trinajstić information content (AvgIpc) is 2.45. The van der Waals surface area contributed by atoms with Crippen LogP contribution in [0, 0.1) is 5.82 Å². The molecule has 0 bridgehead atoms. The molecule has 1 aromatic carbocycles. The van der Waals surface area contributed by atoms with Crippen LogP contribution in [0.5, 0.6) is 5.75 Å². The summed E-state index contributed by atoms with van der Waals surface area (Å²) < 4.78 is 53.4. The summed E-state index contributed by atoms with van der Waals surface area (Å²) in [4.78, 5) is 13.5. The number of likely N-dealkylation sites (tertiary alicyclic amines) is 1. The summed E-state index contributed by atoms with van der Waals surface area (Å²) in [5.41, 5.74) is 0.0971. The molecule has 1 aliphatic rings. The molecule has 8 heteroatoms. The molecule has 2 amide bonds. The van der Waals surface area contributed by atoms with Crippen LogP contribution in [0.25, 0.3) is 0 Å². The highest BCUT2D eigenvalue weighted by molar-refractivity contribution is 5.74. The fourth-order valence-corrected chi connectivity index (χ4v) is 2.25. The lowest BCUT2D eigenvalue weighted by molar-refractivity contribution is -0.274. The van der Waals surface area contributed by atoms with Gasteiger partial charge in [0.15, 0.2) is 0 Å². The number of benzene rings is 1. The molecule has 4 nitrogen and oxygen atoms in total. The third kappa shape index (κ3) is 4.78. The Morgan fingerprint density at radius 3 is 2.50 bits per heavy atom. The van der Waals surface area contributed by atoms with Crippen LogP contribution in [0.15, 0.2) is 18.2 Å². The van der Waals surface area contributed by atoms with Gasteiger partial charge in [0.25, 0.3) is 0 Å². The molecule has 0 atom stereocenters. The van der Waals surface area contributed by atoms with Gasteiger partial charge in [0, 0.05) is 31.3 Å². The van der Waals surface area contributed by atoms with Crippen LogP contribution in [-0.2, 0) is 6.54 Å². The van der Waals surface area contributed by atoms with Crippen LogP contribution < -0.4 is 10.1 Å². The largest absolute Gasteiger partial charge is 0.573 e. The minimum absolute atomic E-state index is 0.0898. The fraction of sp³-hybridized carbons (Fsp3) is 0.500. The summed E-state index contributed by atoms with van der Waals surface area (Å²) in [5.74, 6) is -1.49. The average molecular weight is 320 g/mol. The molecule has 0 radical (unpaired) electrons. The van der Waals surface area contributed by atoms with Crippen molar-refractivity contribution in [3.63, 3.8) is 0 Å². The van der Waals surface area contributed by atoms with Crippen molar-refractivity contribution in [3.8, 4) is 5.75 Å². The molecule has 1 N–H and O–H groups in total. The van der Waals surface area contributed by atoms with Gasteiger partial charge >= 0.3 is 12.4 Å². The molecule has 0 unspecified atom stereocenters. The van der Waals surface area contributed by atoms with Crippen molar-refractivity contribution in [1.82, 2.24) is 10.2 Å². The van der Waals surface area contributed by atoms with E-state index < -0.39 is 17.9 Å². The minimum atomic E-state index is -4.86. The summed E-state index contributed by atoms with van der Waals surface area (Å²) in [6, 6.07) is 2.52. The molecule has 0 aliphatic carbocycles. The molecule has 2 rings (SSSR count). The first-order chi connectivity index (χ1) is 10.3. The number of alkyl halides is 3. The first kappa shape index (κ1) is 16.4. The predicted octanol–water partition coefficient (Wildman–Crippen LogP) is 3.42. The number of carbonyl (C=O) groups excluding carboxylic acids is 1. The summed E-state index contributed by atoms with van der Waals surface area (Å²) in [6.45, 7) is 1.23. The molecule has 122 valence electrons. The molecule has 1 fully saturated rings. The number of nitrogens with zero attached hydrogens (tertiary/aromatic N) is 1. The van der Waals surface area contributed by atoms with E-state index in [1.807, 2.05) is 0 Å². The molecular weight excluding hydrogens is 304 g/mol. The Bertz CT molecular complexity index is 528. The third-order valence-corrected chi connectivity index (χ3v) is 3.33. The van der Waals surface area contributed by atoms with Gasteiger partial charge in [-0.3, -0.25) is 0 Å². The van der Waals surface area contributed by atoms with E-state index in [1.165, 1.54) is 0 Å². The Hall–Kier alpha value is -1.99. The zero-order valence-corrected chi connectivity index (χ0v) is 11.8. The third-order valence-electron chi connectivity index (χ3n) is 3.33. The lowest BCUT2D eigenvalue weighted by atomic mass is 10.1.